The van der Waals surface area contributed by atoms with Gasteiger partial charge in [0, 0.05) is 17.7 Å². The molecule has 5 heteroatoms. The molecule has 1 atom stereocenters. The van der Waals surface area contributed by atoms with Gasteiger partial charge in [0.05, 0.1) is 11.7 Å². The summed E-state index contributed by atoms with van der Waals surface area (Å²) in [5.74, 6) is 1.93. The molecule has 2 rings (SSSR count). The normalized spacial score (nSPS) is 13.0. The van der Waals surface area contributed by atoms with Crippen molar-refractivity contribution in [1.29, 1.82) is 0 Å². The van der Waals surface area contributed by atoms with Gasteiger partial charge in [-0.05, 0) is 19.1 Å². The van der Waals surface area contributed by atoms with E-state index in [9.17, 15) is 0 Å². The molecule has 2 heterocycles. The molecule has 5 nitrogen and oxygen atoms in total. The maximum atomic E-state index is 5.86. The SMILES string of the molecule is CC(Nc1cc(N)nc(C(C)(C)C)n1)c1ccccn1. The minimum absolute atomic E-state index is 0.0540. The zero-order valence-corrected chi connectivity index (χ0v) is 12.4. The van der Waals surface area contributed by atoms with Crippen LogP contribution in [0, 0.1) is 0 Å². The Hall–Kier alpha value is -2.17. The summed E-state index contributed by atoms with van der Waals surface area (Å²) in [6.45, 7) is 8.23. The van der Waals surface area contributed by atoms with E-state index in [0.29, 0.717) is 5.82 Å². The largest absolute Gasteiger partial charge is 0.384 e. The minimum Gasteiger partial charge on any atom is -0.384 e. The molecule has 0 amide bonds. The van der Waals surface area contributed by atoms with Gasteiger partial charge in [0.25, 0.3) is 0 Å². The molecule has 0 saturated heterocycles. The molecule has 0 aliphatic heterocycles. The van der Waals surface area contributed by atoms with Gasteiger partial charge in [-0.25, -0.2) is 9.97 Å². The van der Waals surface area contributed by atoms with E-state index in [4.69, 9.17) is 5.73 Å². The quantitative estimate of drug-likeness (QED) is 0.897. The lowest BCUT2D eigenvalue weighted by Gasteiger charge is -2.19. The summed E-state index contributed by atoms with van der Waals surface area (Å²) in [5.41, 5.74) is 6.69. The molecule has 2 aromatic heterocycles. The van der Waals surface area contributed by atoms with Crippen molar-refractivity contribution in [2.24, 2.45) is 0 Å². The lowest BCUT2D eigenvalue weighted by Crippen LogP contribution is -2.19. The van der Waals surface area contributed by atoms with E-state index < -0.39 is 0 Å². The molecule has 0 fully saturated rings. The molecule has 0 saturated carbocycles. The molecule has 0 bridgehead atoms. The van der Waals surface area contributed by atoms with E-state index in [2.05, 4.69) is 41.0 Å². The summed E-state index contributed by atoms with van der Waals surface area (Å²) in [6, 6.07) is 7.64. The average molecular weight is 271 g/mol. The highest BCUT2D eigenvalue weighted by Crippen LogP contribution is 2.23. The summed E-state index contributed by atoms with van der Waals surface area (Å²) in [5, 5.41) is 3.32. The topological polar surface area (TPSA) is 76.7 Å². The molecule has 1 unspecified atom stereocenters. The second-order valence-electron chi connectivity index (χ2n) is 5.87. The number of rotatable bonds is 3. The van der Waals surface area contributed by atoms with Crippen LogP contribution in [-0.4, -0.2) is 15.0 Å². The molecule has 0 aromatic carbocycles. The summed E-state index contributed by atoms with van der Waals surface area (Å²) in [6.07, 6.45) is 1.78. The van der Waals surface area contributed by atoms with Crippen molar-refractivity contribution < 1.29 is 0 Å². The predicted octanol–water partition coefficient (Wildman–Crippen LogP) is 2.92. The molecule has 0 aliphatic rings. The second kappa shape index (κ2) is 5.45. The molecule has 0 radical (unpaired) electrons. The Balaban J connectivity index is 2.24. The van der Waals surface area contributed by atoms with Crippen LogP contribution in [-0.2, 0) is 5.41 Å². The molecular formula is C15H21N5. The van der Waals surface area contributed by atoms with E-state index in [-0.39, 0.29) is 11.5 Å². The van der Waals surface area contributed by atoms with Crippen molar-refractivity contribution in [3.05, 3.63) is 42.0 Å². The summed E-state index contributed by atoms with van der Waals surface area (Å²) >= 11 is 0. The number of nitrogen functional groups attached to an aromatic ring is 1. The van der Waals surface area contributed by atoms with E-state index in [1.54, 1.807) is 12.3 Å². The van der Waals surface area contributed by atoms with Crippen LogP contribution >= 0.6 is 0 Å². The fraction of sp³-hybridized carbons (Fsp3) is 0.400. The van der Waals surface area contributed by atoms with Crippen molar-refractivity contribution >= 4 is 11.6 Å². The maximum absolute atomic E-state index is 5.86. The van der Waals surface area contributed by atoms with Crippen LogP contribution in [0.1, 0.15) is 45.3 Å². The van der Waals surface area contributed by atoms with Gasteiger partial charge in [0.2, 0.25) is 0 Å². The maximum Gasteiger partial charge on any atom is 0.138 e. The Morgan fingerprint density at radius 3 is 2.55 bits per heavy atom. The number of aromatic nitrogens is 3. The van der Waals surface area contributed by atoms with E-state index in [0.717, 1.165) is 17.3 Å². The van der Waals surface area contributed by atoms with Gasteiger partial charge >= 0.3 is 0 Å². The Morgan fingerprint density at radius 1 is 1.20 bits per heavy atom. The van der Waals surface area contributed by atoms with Crippen molar-refractivity contribution in [1.82, 2.24) is 15.0 Å². The highest BCUT2D eigenvalue weighted by atomic mass is 15.1. The van der Waals surface area contributed by atoms with Crippen LogP contribution in [0.3, 0.4) is 0 Å². The first-order chi connectivity index (χ1) is 9.36. The van der Waals surface area contributed by atoms with Crippen LogP contribution in [0.4, 0.5) is 11.6 Å². The van der Waals surface area contributed by atoms with Crippen LogP contribution < -0.4 is 11.1 Å². The third kappa shape index (κ3) is 3.44. The van der Waals surface area contributed by atoms with Crippen molar-refractivity contribution in [3.63, 3.8) is 0 Å². The van der Waals surface area contributed by atoms with Crippen molar-refractivity contribution in [2.45, 2.75) is 39.2 Å². The summed E-state index contributed by atoms with van der Waals surface area (Å²) in [4.78, 5) is 13.2. The molecule has 20 heavy (non-hydrogen) atoms. The lowest BCUT2D eigenvalue weighted by atomic mass is 9.96. The monoisotopic (exact) mass is 271 g/mol. The minimum atomic E-state index is -0.139. The lowest BCUT2D eigenvalue weighted by molar-refractivity contribution is 0.546. The standard InChI is InChI=1S/C15H21N5/c1-10(11-7-5-6-8-17-11)18-13-9-12(16)19-14(20-13)15(2,3)4/h5-10H,1-4H3,(H3,16,18,19,20). The van der Waals surface area contributed by atoms with Gasteiger partial charge in [-0.15, -0.1) is 0 Å². The van der Waals surface area contributed by atoms with E-state index in [1.807, 2.05) is 25.1 Å². The van der Waals surface area contributed by atoms with Crippen molar-refractivity contribution in [3.8, 4) is 0 Å². The summed E-state index contributed by atoms with van der Waals surface area (Å²) < 4.78 is 0. The fourth-order valence-corrected chi connectivity index (χ4v) is 1.80. The number of pyridine rings is 1. The van der Waals surface area contributed by atoms with Crippen molar-refractivity contribution in [2.75, 3.05) is 11.1 Å². The van der Waals surface area contributed by atoms with Crippen LogP contribution in [0.2, 0.25) is 0 Å². The zero-order valence-electron chi connectivity index (χ0n) is 12.4. The Labute approximate surface area is 119 Å². The zero-order chi connectivity index (χ0) is 14.8. The highest BCUT2D eigenvalue weighted by molar-refractivity contribution is 5.46. The van der Waals surface area contributed by atoms with Gasteiger partial charge < -0.3 is 11.1 Å². The first kappa shape index (κ1) is 14.2. The first-order valence-corrected chi connectivity index (χ1v) is 6.69. The number of anilines is 2. The number of nitrogens with zero attached hydrogens (tertiary/aromatic N) is 3. The second-order valence-corrected chi connectivity index (χ2v) is 5.87. The molecule has 2 aromatic rings. The number of hydrogen-bond acceptors (Lipinski definition) is 5. The Bertz CT molecular complexity index is 575. The average Bonchev–Trinajstić information content (AvgIpc) is 2.38. The van der Waals surface area contributed by atoms with Crippen LogP contribution in [0.5, 0.6) is 0 Å². The summed E-state index contributed by atoms with van der Waals surface area (Å²) in [7, 11) is 0. The smallest absolute Gasteiger partial charge is 0.138 e. The Morgan fingerprint density at radius 2 is 1.95 bits per heavy atom. The third-order valence-electron chi connectivity index (χ3n) is 2.91. The van der Waals surface area contributed by atoms with Crippen LogP contribution in [0.15, 0.2) is 30.5 Å². The number of nitrogens with one attached hydrogen (secondary N) is 1. The van der Waals surface area contributed by atoms with Crippen LogP contribution in [0.25, 0.3) is 0 Å². The van der Waals surface area contributed by atoms with Gasteiger partial charge in [0.1, 0.15) is 17.5 Å². The van der Waals surface area contributed by atoms with Gasteiger partial charge in [0.15, 0.2) is 0 Å². The number of nitrogens with two attached hydrogens (primary N) is 1. The Kier molecular flexibility index (Phi) is 3.88. The number of hydrogen-bond donors (Lipinski definition) is 2. The third-order valence-corrected chi connectivity index (χ3v) is 2.91. The highest BCUT2D eigenvalue weighted by Gasteiger charge is 2.19. The van der Waals surface area contributed by atoms with Gasteiger partial charge in [-0.1, -0.05) is 26.8 Å². The molecule has 0 aliphatic carbocycles. The first-order valence-electron chi connectivity index (χ1n) is 6.69. The molecule has 106 valence electrons. The van der Waals surface area contributed by atoms with E-state index in [1.165, 1.54) is 0 Å². The van der Waals surface area contributed by atoms with Gasteiger partial charge in [-0.3, -0.25) is 4.98 Å². The molecule has 3 N–H and O–H groups in total. The predicted molar refractivity (Wildman–Crippen MR) is 81.4 cm³/mol. The fourth-order valence-electron chi connectivity index (χ4n) is 1.80. The van der Waals surface area contributed by atoms with E-state index >= 15 is 0 Å². The molecular weight excluding hydrogens is 250 g/mol. The van der Waals surface area contributed by atoms with Gasteiger partial charge in [-0.2, -0.15) is 0 Å². The molecule has 0 spiro atoms.